The number of hydrogen-bond donors (Lipinski definition) is 1. The van der Waals surface area contributed by atoms with Gasteiger partial charge in [0.1, 0.15) is 0 Å². The van der Waals surface area contributed by atoms with Crippen LogP contribution in [0, 0.1) is 6.92 Å². The fourth-order valence-corrected chi connectivity index (χ4v) is 2.83. The fourth-order valence-electron chi connectivity index (χ4n) is 2.04. The van der Waals surface area contributed by atoms with Gasteiger partial charge in [-0.2, -0.15) is 13.5 Å². The summed E-state index contributed by atoms with van der Waals surface area (Å²) in [4.78, 5) is 2.37. The van der Waals surface area contributed by atoms with Crippen LogP contribution >= 0.6 is 0 Å². The zero-order valence-corrected chi connectivity index (χ0v) is 15.3. The molecule has 2 aromatic carbocycles. The van der Waals surface area contributed by atoms with E-state index in [0.29, 0.717) is 23.7 Å². The van der Waals surface area contributed by atoms with Crippen molar-refractivity contribution in [1.29, 1.82) is 0 Å². The van der Waals surface area contributed by atoms with E-state index in [1.54, 1.807) is 37.4 Å². The number of methoxy groups -OCH3 is 1. The highest BCUT2D eigenvalue weighted by molar-refractivity contribution is 7.89. The highest BCUT2D eigenvalue weighted by Crippen LogP contribution is 2.27. The molecular formula is C18H22N2O4S. The average molecular weight is 362 g/mol. The summed E-state index contributed by atoms with van der Waals surface area (Å²) >= 11 is 0. The van der Waals surface area contributed by atoms with E-state index in [1.807, 2.05) is 13.8 Å². The first-order valence-electron chi connectivity index (χ1n) is 7.88. The van der Waals surface area contributed by atoms with Crippen molar-refractivity contribution in [3.8, 4) is 11.5 Å². The molecule has 6 nitrogen and oxygen atoms in total. The van der Waals surface area contributed by atoms with Crippen LogP contribution in [0.3, 0.4) is 0 Å². The molecule has 0 saturated carbocycles. The number of ether oxygens (including phenoxy) is 2. The monoisotopic (exact) mass is 362 g/mol. The van der Waals surface area contributed by atoms with Crippen LogP contribution in [0.1, 0.15) is 24.5 Å². The topological polar surface area (TPSA) is 77.0 Å². The number of nitrogens with one attached hydrogen (secondary N) is 1. The Bertz CT molecular complexity index is 831. The second-order valence-electron chi connectivity index (χ2n) is 5.42. The first-order valence-corrected chi connectivity index (χ1v) is 9.37. The van der Waals surface area contributed by atoms with Gasteiger partial charge in [-0.25, -0.2) is 4.83 Å². The lowest BCUT2D eigenvalue weighted by Crippen LogP contribution is -2.18. The molecule has 2 rings (SSSR count). The number of sulfonamides is 1. The Morgan fingerprint density at radius 1 is 1.12 bits per heavy atom. The van der Waals surface area contributed by atoms with Crippen molar-refractivity contribution in [2.45, 2.75) is 25.2 Å². The third-order valence-corrected chi connectivity index (χ3v) is 4.61. The van der Waals surface area contributed by atoms with Gasteiger partial charge in [-0.3, -0.25) is 0 Å². The summed E-state index contributed by atoms with van der Waals surface area (Å²) in [6, 6.07) is 11.8. The lowest BCUT2D eigenvalue weighted by molar-refractivity contribution is 0.294. The molecule has 0 aliphatic carbocycles. The van der Waals surface area contributed by atoms with Crippen molar-refractivity contribution >= 4 is 16.2 Å². The van der Waals surface area contributed by atoms with Crippen LogP contribution < -0.4 is 14.3 Å². The van der Waals surface area contributed by atoms with Gasteiger partial charge in [0.05, 0.1) is 24.8 Å². The molecule has 0 aliphatic rings. The summed E-state index contributed by atoms with van der Waals surface area (Å²) in [6.07, 6.45) is 2.29. The number of nitrogens with zero attached hydrogens (tertiary/aromatic N) is 1. The van der Waals surface area contributed by atoms with E-state index < -0.39 is 10.0 Å². The van der Waals surface area contributed by atoms with Crippen molar-refractivity contribution < 1.29 is 17.9 Å². The molecular weight excluding hydrogens is 340 g/mol. The Morgan fingerprint density at radius 3 is 2.48 bits per heavy atom. The second-order valence-corrected chi connectivity index (χ2v) is 7.09. The van der Waals surface area contributed by atoms with E-state index in [1.165, 1.54) is 18.3 Å². The van der Waals surface area contributed by atoms with Gasteiger partial charge < -0.3 is 9.47 Å². The Balaban J connectivity index is 2.12. The first kappa shape index (κ1) is 18.8. The number of hydrazone groups is 1. The van der Waals surface area contributed by atoms with Gasteiger partial charge in [0.2, 0.25) is 0 Å². The Hall–Kier alpha value is -2.54. The lowest BCUT2D eigenvalue weighted by atomic mass is 10.2. The molecule has 0 aliphatic heterocycles. The van der Waals surface area contributed by atoms with E-state index in [0.717, 1.165) is 12.0 Å². The Morgan fingerprint density at radius 2 is 1.84 bits per heavy atom. The van der Waals surface area contributed by atoms with Crippen molar-refractivity contribution in [3.05, 3.63) is 53.6 Å². The van der Waals surface area contributed by atoms with Gasteiger partial charge in [0.25, 0.3) is 10.0 Å². The fraction of sp³-hybridized carbons (Fsp3) is 0.278. The second kappa shape index (κ2) is 8.53. The molecule has 0 heterocycles. The van der Waals surface area contributed by atoms with Crippen LogP contribution in [-0.2, 0) is 10.0 Å². The van der Waals surface area contributed by atoms with Gasteiger partial charge in [-0.1, -0.05) is 24.6 Å². The first-order chi connectivity index (χ1) is 12.0. The number of rotatable bonds is 8. The van der Waals surface area contributed by atoms with Crippen LogP contribution in [0.2, 0.25) is 0 Å². The molecule has 2 aromatic rings. The van der Waals surface area contributed by atoms with Crippen LogP contribution in [0.4, 0.5) is 0 Å². The third kappa shape index (κ3) is 5.22. The summed E-state index contributed by atoms with van der Waals surface area (Å²) in [5.41, 5.74) is 1.68. The van der Waals surface area contributed by atoms with E-state index >= 15 is 0 Å². The minimum atomic E-state index is -3.69. The number of hydrogen-bond acceptors (Lipinski definition) is 5. The standard InChI is InChI=1S/C18H22N2O4S/c1-4-11-24-18-12-15(7-10-17(18)23-3)13-19-20-25(21,22)16-8-5-14(2)6-9-16/h5-10,12-13,20H,4,11H2,1-3H3/b19-13-. The predicted molar refractivity (Wildman–Crippen MR) is 97.9 cm³/mol. The van der Waals surface area contributed by atoms with Crippen LogP contribution in [0.15, 0.2) is 52.5 Å². The quantitative estimate of drug-likeness (QED) is 0.578. The average Bonchev–Trinajstić information content (AvgIpc) is 2.60. The largest absolute Gasteiger partial charge is 0.493 e. The molecule has 0 saturated heterocycles. The molecule has 134 valence electrons. The normalized spacial score (nSPS) is 11.5. The minimum absolute atomic E-state index is 0.164. The van der Waals surface area contributed by atoms with Gasteiger partial charge >= 0.3 is 0 Å². The molecule has 0 bridgehead atoms. The molecule has 0 fully saturated rings. The molecule has 0 spiro atoms. The van der Waals surface area contributed by atoms with Gasteiger partial charge in [0, 0.05) is 0 Å². The predicted octanol–water partition coefficient (Wildman–Crippen LogP) is 3.10. The minimum Gasteiger partial charge on any atom is -0.493 e. The van der Waals surface area contributed by atoms with E-state index in [2.05, 4.69) is 9.93 Å². The highest BCUT2D eigenvalue weighted by atomic mass is 32.2. The van der Waals surface area contributed by atoms with Gasteiger partial charge in [0.15, 0.2) is 11.5 Å². The SMILES string of the molecule is CCCOc1cc(/C=N\NS(=O)(=O)c2ccc(C)cc2)ccc1OC. The van der Waals surface area contributed by atoms with Crippen molar-refractivity contribution in [1.82, 2.24) is 4.83 Å². The van der Waals surface area contributed by atoms with E-state index in [9.17, 15) is 8.42 Å². The number of aryl methyl sites for hydroxylation is 1. The maximum absolute atomic E-state index is 12.2. The highest BCUT2D eigenvalue weighted by Gasteiger charge is 2.12. The molecule has 25 heavy (non-hydrogen) atoms. The summed E-state index contributed by atoms with van der Waals surface area (Å²) in [7, 11) is -2.12. The van der Waals surface area contributed by atoms with Gasteiger partial charge in [-0.15, -0.1) is 0 Å². The molecule has 0 unspecified atom stereocenters. The Labute approximate surface area is 148 Å². The maximum atomic E-state index is 12.2. The van der Waals surface area contributed by atoms with Crippen LogP contribution in [0.25, 0.3) is 0 Å². The van der Waals surface area contributed by atoms with E-state index in [4.69, 9.17) is 9.47 Å². The molecule has 7 heteroatoms. The maximum Gasteiger partial charge on any atom is 0.276 e. The van der Waals surface area contributed by atoms with Crippen LogP contribution in [0.5, 0.6) is 11.5 Å². The summed E-state index contributed by atoms with van der Waals surface area (Å²) in [6.45, 7) is 4.47. The number of benzene rings is 2. The molecule has 0 atom stereocenters. The van der Waals surface area contributed by atoms with Crippen LogP contribution in [-0.4, -0.2) is 28.3 Å². The van der Waals surface area contributed by atoms with Crippen molar-refractivity contribution in [2.75, 3.05) is 13.7 Å². The molecule has 0 amide bonds. The van der Waals surface area contributed by atoms with Crippen molar-refractivity contribution in [3.63, 3.8) is 0 Å². The zero-order valence-electron chi connectivity index (χ0n) is 14.5. The molecule has 1 N–H and O–H groups in total. The van der Waals surface area contributed by atoms with Gasteiger partial charge in [-0.05, 0) is 49.2 Å². The molecule has 0 aromatic heterocycles. The van der Waals surface area contributed by atoms with E-state index in [-0.39, 0.29) is 4.90 Å². The summed E-state index contributed by atoms with van der Waals surface area (Å²) in [5.74, 6) is 1.21. The smallest absolute Gasteiger partial charge is 0.276 e. The lowest BCUT2D eigenvalue weighted by Gasteiger charge is -2.10. The Kier molecular flexibility index (Phi) is 6.41. The molecule has 0 radical (unpaired) electrons. The third-order valence-electron chi connectivity index (χ3n) is 3.37. The summed E-state index contributed by atoms with van der Waals surface area (Å²) < 4.78 is 35.2. The van der Waals surface area contributed by atoms with Crippen molar-refractivity contribution in [2.24, 2.45) is 5.10 Å². The zero-order chi connectivity index (χ0) is 18.3. The summed E-state index contributed by atoms with van der Waals surface area (Å²) in [5, 5.41) is 3.83.